The van der Waals surface area contributed by atoms with Crippen LogP contribution in [0, 0.1) is 5.82 Å². The largest absolute Gasteiger partial charge is 0.465 e. The second kappa shape index (κ2) is 7.34. The molecule has 0 aliphatic rings. The minimum Gasteiger partial charge on any atom is -0.465 e. The predicted octanol–water partition coefficient (Wildman–Crippen LogP) is 2.86. The average Bonchev–Trinajstić information content (AvgIpc) is 2.33. The molecule has 0 atom stereocenters. The number of halogens is 2. The lowest BCUT2D eigenvalue weighted by atomic mass is 10.2. The lowest BCUT2D eigenvalue weighted by molar-refractivity contribution is -0.144. The van der Waals surface area contributed by atoms with Crippen molar-refractivity contribution in [1.29, 1.82) is 0 Å². The second-order valence-corrected chi connectivity index (χ2v) is 4.25. The molecule has 0 aromatic heterocycles. The zero-order valence-electron chi connectivity index (χ0n) is 10.6. The smallest absolute Gasteiger partial charge is 0.320 e. The lowest BCUT2D eigenvalue weighted by Crippen LogP contribution is -2.30. The van der Waals surface area contributed by atoms with Crippen LogP contribution in [0.2, 0.25) is 5.02 Å². The Bertz CT molecular complexity index is 412. The first-order valence-corrected chi connectivity index (χ1v) is 6.26. The first kappa shape index (κ1) is 14.9. The molecule has 100 valence electrons. The molecule has 0 unspecified atom stereocenters. The normalized spacial score (nSPS) is 10.7. The second-order valence-electron chi connectivity index (χ2n) is 3.84. The van der Waals surface area contributed by atoms with Crippen LogP contribution in [0.15, 0.2) is 18.2 Å². The fourth-order valence-electron chi connectivity index (χ4n) is 1.57. The third-order valence-corrected chi connectivity index (χ3v) is 2.88. The predicted molar refractivity (Wildman–Crippen MR) is 69.0 cm³/mol. The Labute approximate surface area is 111 Å². The van der Waals surface area contributed by atoms with Gasteiger partial charge in [-0.3, -0.25) is 9.69 Å². The van der Waals surface area contributed by atoms with E-state index in [1.54, 1.807) is 6.92 Å². The maximum absolute atomic E-state index is 13.1. The average molecular weight is 274 g/mol. The van der Waals surface area contributed by atoms with Crippen molar-refractivity contribution in [3.8, 4) is 0 Å². The van der Waals surface area contributed by atoms with Crippen LogP contribution in [0.3, 0.4) is 0 Å². The quantitative estimate of drug-likeness (QED) is 0.747. The molecule has 0 fully saturated rings. The topological polar surface area (TPSA) is 29.5 Å². The molecule has 0 spiro atoms. The summed E-state index contributed by atoms with van der Waals surface area (Å²) < 4.78 is 18.0. The van der Waals surface area contributed by atoms with Crippen molar-refractivity contribution in [3.05, 3.63) is 34.6 Å². The lowest BCUT2D eigenvalue weighted by Gasteiger charge is -2.19. The van der Waals surface area contributed by atoms with Crippen LogP contribution < -0.4 is 0 Å². The van der Waals surface area contributed by atoms with Gasteiger partial charge in [-0.15, -0.1) is 0 Å². The van der Waals surface area contributed by atoms with Crippen LogP contribution in [0.4, 0.5) is 4.39 Å². The van der Waals surface area contributed by atoms with Crippen LogP contribution >= 0.6 is 11.6 Å². The van der Waals surface area contributed by atoms with Gasteiger partial charge in [0.25, 0.3) is 0 Å². The van der Waals surface area contributed by atoms with E-state index in [0.29, 0.717) is 30.3 Å². The Morgan fingerprint density at radius 3 is 2.78 bits per heavy atom. The van der Waals surface area contributed by atoms with Crippen molar-refractivity contribution < 1.29 is 13.9 Å². The number of carbonyl (C=O) groups excluding carboxylic acids is 1. The van der Waals surface area contributed by atoms with Gasteiger partial charge >= 0.3 is 5.97 Å². The van der Waals surface area contributed by atoms with Crippen molar-refractivity contribution in [2.24, 2.45) is 0 Å². The molecular weight excluding hydrogens is 257 g/mol. The van der Waals surface area contributed by atoms with Gasteiger partial charge in [0.15, 0.2) is 0 Å². The molecule has 0 heterocycles. The highest BCUT2D eigenvalue weighted by Gasteiger charge is 2.12. The first-order chi connectivity index (χ1) is 8.56. The van der Waals surface area contributed by atoms with Gasteiger partial charge < -0.3 is 4.74 Å². The molecule has 0 bridgehead atoms. The van der Waals surface area contributed by atoms with E-state index in [1.165, 1.54) is 18.2 Å². The number of benzene rings is 1. The minimum atomic E-state index is -0.332. The molecule has 0 N–H and O–H groups in total. The molecule has 0 radical (unpaired) electrons. The molecule has 1 rings (SSSR count). The summed E-state index contributed by atoms with van der Waals surface area (Å²) in [4.78, 5) is 13.2. The van der Waals surface area contributed by atoms with E-state index in [0.717, 1.165) is 0 Å². The van der Waals surface area contributed by atoms with Gasteiger partial charge in [0.1, 0.15) is 5.82 Å². The number of carbonyl (C=O) groups is 1. The van der Waals surface area contributed by atoms with Crippen molar-refractivity contribution in [2.45, 2.75) is 20.4 Å². The van der Waals surface area contributed by atoms with Gasteiger partial charge in [-0.05, 0) is 37.2 Å². The summed E-state index contributed by atoms with van der Waals surface area (Å²) in [5, 5.41) is 0.499. The fraction of sp³-hybridized carbons (Fsp3) is 0.462. The molecule has 0 saturated carbocycles. The van der Waals surface area contributed by atoms with Gasteiger partial charge in [0.2, 0.25) is 0 Å². The molecule has 18 heavy (non-hydrogen) atoms. The summed E-state index contributed by atoms with van der Waals surface area (Å²) in [5.74, 6) is -0.617. The maximum Gasteiger partial charge on any atom is 0.320 e. The van der Waals surface area contributed by atoms with Crippen molar-refractivity contribution in [2.75, 3.05) is 19.7 Å². The summed E-state index contributed by atoms with van der Waals surface area (Å²) >= 11 is 5.99. The molecule has 1 aromatic carbocycles. The van der Waals surface area contributed by atoms with E-state index in [-0.39, 0.29) is 18.3 Å². The number of nitrogens with zero attached hydrogens (tertiary/aromatic N) is 1. The van der Waals surface area contributed by atoms with Crippen LogP contribution in [-0.4, -0.2) is 30.6 Å². The number of hydrogen-bond donors (Lipinski definition) is 0. The van der Waals surface area contributed by atoms with Crippen LogP contribution in [0.1, 0.15) is 19.4 Å². The highest BCUT2D eigenvalue weighted by atomic mass is 35.5. The molecule has 0 saturated heterocycles. The van der Waals surface area contributed by atoms with Gasteiger partial charge in [0, 0.05) is 11.6 Å². The minimum absolute atomic E-state index is 0.178. The van der Waals surface area contributed by atoms with Gasteiger partial charge in [-0.25, -0.2) is 4.39 Å². The zero-order valence-corrected chi connectivity index (χ0v) is 11.3. The summed E-state index contributed by atoms with van der Waals surface area (Å²) in [6, 6.07) is 4.22. The highest BCUT2D eigenvalue weighted by molar-refractivity contribution is 6.31. The Hall–Kier alpha value is -1.13. The number of ether oxygens (including phenoxy) is 1. The summed E-state index contributed by atoms with van der Waals surface area (Å²) in [7, 11) is 0. The zero-order chi connectivity index (χ0) is 13.5. The molecular formula is C13H17ClFNO2. The summed E-state index contributed by atoms with van der Waals surface area (Å²) in [6.45, 7) is 5.30. The van der Waals surface area contributed by atoms with E-state index in [1.807, 2.05) is 11.8 Å². The molecule has 0 amide bonds. The van der Waals surface area contributed by atoms with Gasteiger partial charge in [-0.1, -0.05) is 18.5 Å². The standard InChI is InChI=1S/C13H17ClFNO2/c1-3-16(9-13(17)18-4-2)8-10-7-11(15)5-6-12(10)14/h5-7H,3-4,8-9H2,1-2H3. The Kier molecular flexibility index (Phi) is 6.09. The van der Waals surface area contributed by atoms with Crippen molar-refractivity contribution in [1.82, 2.24) is 4.90 Å². The van der Waals surface area contributed by atoms with E-state index in [4.69, 9.17) is 16.3 Å². The summed E-state index contributed by atoms with van der Waals surface area (Å²) in [6.07, 6.45) is 0. The first-order valence-electron chi connectivity index (χ1n) is 5.88. The third kappa shape index (κ3) is 4.63. The number of hydrogen-bond acceptors (Lipinski definition) is 3. The maximum atomic E-state index is 13.1. The van der Waals surface area contributed by atoms with E-state index in [9.17, 15) is 9.18 Å². The van der Waals surface area contributed by atoms with E-state index >= 15 is 0 Å². The Morgan fingerprint density at radius 2 is 2.17 bits per heavy atom. The van der Waals surface area contributed by atoms with Gasteiger partial charge in [0.05, 0.1) is 13.2 Å². The highest BCUT2D eigenvalue weighted by Crippen LogP contribution is 2.18. The molecule has 0 aliphatic carbocycles. The van der Waals surface area contributed by atoms with Crippen molar-refractivity contribution in [3.63, 3.8) is 0 Å². The monoisotopic (exact) mass is 273 g/mol. The molecule has 3 nitrogen and oxygen atoms in total. The molecule has 5 heteroatoms. The van der Waals surface area contributed by atoms with E-state index in [2.05, 4.69) is 0 Å². The number of rotatable bonds is 6. The Balaban J connectivity index is 2.67. The van der Waals surface area contributed by atoms with E-state index < -0.39 is 0 Å². The van der Waals surface area contributed by atoms with Crippen LogP contribution in [0.25, 0.3) is 0 Å². The van der Waals surface area contributed by atoms with Crippen molar-refractivity contribution >= 4 is 17.6 Å². The van der Waals surface area contributed by atoms with Crippen LogP contribution in [-0.2, 0) is 16.1 Å². The molecule has 0 aliphatic heterocycles. The molecule has 1 aromatic rings. The number of esters is 1. The van der Waals surface area contributed by atoms with Crippen LogP contribution in [0.5, 0.6) is 0 Å². The van der Waals surface area contributed by atoms with Gasteiger partial charge in [-0.2, -0.15) is 0 Å². The Morgan fingerprint density at radius 1 is 1.44 bits per heavy atom. The number of likely N-dealkylation sites (N-methyl/N-ethyl adjacent to an activating group) is 1. The summed E-state index contributed by atoms with van der Waals surface area (Å²) in [5.41, 5.74) is 0.669. The fourth-order valence-corrected chi connectivity index (χ4v) is 1.75. The SMILES string of the molecule is CCOC(=O)CN(CC)Cc1cc(F)ccc1Cl. The third-order valence-electron chi connectivity index (χ3n) is 2.51.